The normalized spacial score (nSPS) is 19.5. The third-order valence-corrected chi connectivity index (χ3v) is 11.0. The maximum atomic E-state index is 3.15. The summed E-state index contributed by atoms with van der Waals surface area (Å²) >= 11 is 0.563. The monoisotopic (exact) mass is 480 g/mol. The van der Waals surface area contributed by atoms with Crippen LogP contribution in [-0.2, 0) is 16.3 Å². The predicted octanol–water partition coefficient (Wildman–Crippen LogP) is 5.74. The van der Waals surface area contributed by atoms with E-state index >= 15 is 0 Å². The van der Waals surface area contributed by atoms with Crippen LogP contribution in [0.15, 0.2) is 5.57 Å². The Morgan fingerprint density at radius 2 is 1.35 bits per heavy atom. The zero-order valence-electron chi connectivity index (χ0n) is 18.4. The summed E-state index contributed by atoms with van der Waals surface area (Å²) in [7, 11) is 3.15. The van der Waals surface area contributed by atoms with E-state index in [2.05, 4.69) is 50.8 Å². The average Bonchev–Trinajstić information content (AvgIpc) is 2.81. The van der Waals surface area contributed by atoms with E-state index < -0.39 is 0 Å². The third kappa shape index (κ3) is 4.12. The van der Waals surface area contributed by atoms with Crippen molar-refractivity contribution in [2.24, 2.45) is 0 Å². The molecule has 0 spiro atoms. The van der Waals surface area contributed by atoms with Gasteiger partial charge in [0.15, 0.2) is 0 Å². The first-order chi connectivity index (χ1) is 12.3. The van der Waals surface area contributed by atoms with Crippen molar-refractivity contribution in [3.05, 3.63) is 33.4 Å². The molecule has 0 aromatic heterocycles. The fourth-order valence-electron chi connectivity index (χ4n) is 4.81. The molecule has 1 aliphatic carbocycles. The number of fused-ring (bicyclic) bond motifs is 1. The van der Waals surface area contributed by atoms with Crippen molar-refractivity contribution in [2.45, 2.75) is 103 Å². The van der Waals surface area contributed by atoms with Gasteiger partial charge in [0.25, 0.3) is 0 Å². The fraction of sp³-hybridized carbons (Fsp3) is 0.667. The summed E-state index contributed by atoms with van der Waals surface area (Å²) in [5.74, 6) is 0. The van der Waals surface area contributed by atoms with Crippen LogP contribution in [0.3, 0.4) is 0 Å². The second-order valence-corrected chi connectivity index (χ2v) is 15.1. The first-order valence-corrected chi connectivity index (χ1v) is 14.4. The van der Waals surface area contributed by atoms with E-state index in [1.54, 1.807) is 39.0 Å². The minimum absolute atomic E-state index is 0.389. The van der Waals surface area contributed by atoms with Gasteiger partial charge in [-0.3, -0.25) is 0 Å². The van der Waals surface area contributed by atoms with Crippen LogP contribution in [0.4, 0.5) is 0 Å². The molecule has 0 heterocycles. The number of rotatable bonds is 9. The Labute approximate surface area is 178 Å². The predicted molar refractivity (Wildman–Crippen MR) is 127 cm³/mol. The Morgan fingerprint density at radius 3 is 1.88 bits per heavy atom. The van der Waals surface area contributed by atoms with Gasteiger partial charge in [0.05, 0.1) is 0 Å². The van der Waals surface area contributed by atoms with Crippen LogP contribution < -0.4 is 5.30 Å². The van der Waals surface area contributed by atoms with Gasteiger partial charge in [0, 0.05) is 0 Å². The van der Waals surface area contributed by atoms with Crippen molar-refractivity contribution < 1.29 is 0 Å². The van der Waals surface area contributed by atoms with E-state index in [9.17, 15) is 0 Å². The van der Waals surface area contributed by atoms with Gasteiger partial charge in [-0.05, 0) is 0 Å². The van der Waals surface area contributed by atoms with Crippen LogP contribution in [0.5, 0.6) is 0 Å². The molecule has 1 aromatic rings. The molecule has 0 fully saturated rings. The topological polar surface area (TPSA) is 0 Å². The summed E-state index contributed by atoms with van der Waals surface area (Å²) in [5, 5.41) is 1.53. The van der Waals surface area contributed by atoms with Gasteiger partial charge in [-0.2, -0.15) is 0 Å². The van der Waals surface area contributed by atoms with Gasteiger partial charge in [0.1, 0.15) is 0 Å². The number of hydrogen-bond donors (Lipinski definition) is 0. The Balaban J connectivity index is 2.75. The zero-order chi connectivity index (χ0) is 19.5. The number of hydrogen-bond acceptors (Lipinski definition) is 0. The molecule has 1 aliphatic rings. The van der Waals surface area contributed by atoms with Crippen LogP contribution in [0, 0.1) is 6.92 Å². The molecule has 0 amide bonds. The quantitative estimate of drug-likeness (QED) is 0.313. The molecule has 26 heavy (non-hydrogen) atoms. The van der Waals surface area contributed by atoms with E-state index in [0.717, 1.165) is 0 Å². The SMILES string of the molecule is CCCCC1=C(C)[C](C)([SnH3])c2c(C)c(P)c(CCCC)c(CCCC)c21. The molecule has 2 heteroatoms. The van der Waals surface area contributed by atoms with Gasteiger partial charge in [-0.15, -0.1) is 0 Å². The summed E-state index contributed by atoms with van der Waals surface area (Å²) in [5.41, 5.74) is 11.9. The van der Waals surface area contributed by atoms with E-state index in [1.807, 2.05) is 0 Å². The summed E-state index contributed by atoms with van der Waals surface area (Å²) in [6.45, 7) is 14.4. The molecule has 0 radical (unpaired) electrons. The van der Waals surface area contributed by atoms with E-state index in [4.69, 9.17) is 0 Å². The third-order valence-electron chi connectivity index (χ3n) is 6.68. The van der Waals surface area contributed by atoms with E-state index in [-0.39, 0.29) is 0 Å². The second-order valence-electron chi connectivity index (χ2n) is 8.78. The second kappa shape index (κ2) is 9.60. The zero-order valence-corrected chi connectivity index (χ0v) is 25.3. The molecule has 0 nitrogen and oxygen atoms in total. The number of unbranched alkanes of at least 4 members (excludes halogenated alkanes) is 3. The molecule has 0 saturated heterocycles. The molecule has 2 atom stereocenters. The molecule has 0 saturated carbocycles. The Morgan fingerprint density at radius 1 is 0.846 bits per heavy atom. The fourth-order valence-corrected chi connectivity index (χ4v) is 7.92. The molecule has 0 bridgehead atoms. The molecular formula is C24H41PSn. The van der Waals surface area contributed by atoms with Gasteiger partial charge >= 0.3 is 179 Å². The van der Waals surface area contributed by atoms with Crippen LogP contribution in [0.2, 0.25) is 0 Å². The standard InChI is InChI=1S/C24H38P.Sn.3H/c1-7-10-13-19-16(4)17(5)22-18(6)24(25)21(15-12-9-3)20(23(19)22)14-11-8-2;;;;/h7-15,25H2,1-6H3;;;;. The maximum absolute atomic E-state index is 3.15. The molecule has 0 N–H and O–H groups in total. The minimum atomic E-state index is 0.389. The first-order valence-electron chi connectivity index (χ1n) is 11.0. The van der Waals surface area contributed by atoms with Crippen molar-refractivity contribution in [2.75, 3.05) is 0 Å². The van der Waals surface area contributed by atoms with Crippen LogP contribution in [0.1, 0.15) is 107 Å². The van der Waals surface area contributed by atoms with Crippen molar-refractivity contribution in [3.8, 4) is 0 Å². The van der Waals surface area contributed by atoms with Crippen molar-refractivity contribution in [3.63, 3.8) is 0 Å². The summed E-state index contributed by atoms with van der Waals surface area (Å²) in [6, 6.07) is 0. The first kappa shape index (κ1) is 22.5. The van der Waals surface area contributed by atoms with Crippen LogP contribution in [-0.4, -0.2) is 22.5 Å². The van der Waals surface area contributed by atoms with Crippen LogP contribution >= 0.6 is 9.24 Å². The molecule has 0 aliphatic heterocycles. The molecule has 146 valence electrons. The summed E-state index contributed by atoms with van der Waals surface area (Å²) in [6.07, 6.45) is 11.6. The van der Waals surface area contributed by atoms with Gasteiger partial charge in [0.2, 0.25) is 0 Å². The van der Waals surface area contributed by atoms with Crippen molar-refractivity contribution >= 4 is 42.6 Å². The van der Waals surface area contributed by atoms with Crippen LogP contribution in [0.25, 0.3) is 5.57 Å². The van der Waals surface area contributed by atoms with E-state index in [0.29, 0.717) is 26.0 Å². The Bertz CT molecular complexity index is 682. The van der Waals surface area contributed by atoms with Gasteiger partial charge in [-0.25, -0.2) is 0 Å². The number of allylic oxidation sites excluding steroid dienone is 2. The van der Waals surface area contributed by atoms with E-state index in [1.165, 1.54) is 63.1 Å². The summed E-state index contributed by atoms with van der Waals surface area (Å²) in [4.78, 5) is 0. The van der Waals surface area contributed by atoms with Crippen molar-refractivity contribution in [1.82, 2.24) is 0 Å². The number of benzene rings is 1. The molecule has 2 rings (SSSR count). The van der Waals surface area contributed by atoms with Gasteiger partial charge < -0.3 is 0 Å². The molecular weight excluding hydrogens is 438 g/mol. The average molecular weight is 479 g/mol. The molecule has 2 unspecified atom stereocenters. The van der Waals surface area contributed by atoms with Gasteiger partial charge in [-0.1, -0.05) is 0 Å². The molecule has 1 aromatic carbocycles. The summed E-state index contributed by atoms with van der Waals surface area (Å²) < 4.78 is 0.389. The Kier molecular flexibility index (Phi) is 8.30. The Hall–Kier alpha value is 0.189. The van der Waals surface area contributed by atoms with Crippen molar-refractivity contribution in [1.29, 1.82) is 0 Å².